The van der Waals surface area contributed by atoms with Gasteiger partial charge in [-0.1, -0.05) is 30.3 Å². The van der Waals surface area contributed by atoms with E-state index in [0.717, 1.165) is 12.3 Å². The first-order chi connectivity index (χ1) is 9.20. The van der Waals surface area contributed by atoms with Crippen molar-refractivity contribution in [1.29, 1.82) is 0 Å². The zero-order valence-electron chi connectivity index (χ0n) is 11.8. The molecule has 0 spiro atoms. The van der Waals surface area contributed by atoms with Crippen LogP contribution in [0.5, 0.6) is 5.75 Å². The second-order valence-electron chi connectivity index (χ2n) is 4.66. The molecule has 1 atom stereocenters. The molecule has 2 rings (SSSR count). The Labute approximate surface area is 115 Å². The fraction of sp³-hybridized carbons (Fsp3) is 0.294. The first-order valence-corrected chi connectivity index (χ1v) is 6.75. The summed E-state index contributed by atoms with van der Waals surface area (Å²) in [6.07, 6.45) is 0.00852. The summed E-state index contributed by atoms with van der Waals surface area (Å²) in [4.78, 5) is 2.25. The maximum atomic E-state index is 5.99. The highest BCUT2D eigenvalue weighted by Crippen LogP contribution is 2.20. The first-order valence-electron chi connectivity index (χ1n) is 6.75. The lowest BCUT2D eigenvalue weighted by Gasteiger charge is -2.30. The Hall–Kier alpha value is -1.96. The summed E-state index contributed by atoms with van der Waals surface area (Å²) in [6.45, 7) is 7.25. The van der Waals surface area contributed by atoms with Gasteiger partial charge in [-0.3, -0.25) is 0 Å². The monoisotopic (exact) mass is 255 g/mol. The molecule has 0 aliphatic carbocycles. The Morgan fingerprint density at radius 1 is 1.05 bits per heavy atom. The van der Waals surface area contributed by atoms with E-state index < -0.39 is 0 Å². The van der Waals surface area contributed by atoms with Crippen LogP contribution in [0.15, 0.2) is 54.6 Å². The van der Waals surface area contributed by atoms with Crippen molar-refractivity contribution in [3.63, 3.8) is 0 Å². The minimum atomic E-state index is 0.00852. The number of rotatable bonds is 5. The Kier molecular flexibility index (Phi) is 4.45. The van der Waals surface area contributed by atoms with E-state index in [1.807, 2.05) is 30.3 Å². The Morgan fingerprint density at radius 2 is 1.79 bits per heavy atom. The minimum absolute atomic E-state index is 0.00852. The molecule has 0 aromatic heterocycles. The van der Waals surface area contributed by atoms with Crippen LogP contribution in [0.1, 0.15) is 19.4 Å². The third-order valence-corrected chi connectivity index (χ3v) is 3.16. The quantitative estimate of drug-likeness (QED) is 0.741. The molecule has 0 aliphatic heterocycles. The van der Waals surface area contributed by atoms with Gasteiger partial charge in [0.05, 0.1) is 0 Å². The number of hydrogen-bond donors (Lipinski definition) is 0. The van der Waals surface area contributed by atoms with Crippen LogP contribution in [0.3, 0.4) is 0 Å². The molecule has 0 saturated carbocycles. The molecule has 0 bridgehead atoms. The summed E-state index contributed by atoms with van der Waals surface area (Å²) in [7, 11) is 0. The van der Waals surface area contributed by atoms with Crippen molar-refractivity contribution >= 4 is 5.69 Å². The lowest BCUT2D eigenvalue weighted by Crippen LogP contribution is -2.37. The molecular formula is C17H21NO. The number of anilines is 1. The van der Waals surface area contributed by atoms with Gasteiger partial charge < -0.3 is 9.64 Å². The van der Waals surface area contributed by atoms with Crippen LogP contribution in [0, 0.1) is 6.92 Å². The summed E-state index contributed by atoms with van der Waals surface area (Å²) in [6, 6.07) is 18.5. The molecule has 0 fully saturated rings. The number of aryl methyl sites for hydroxylation is 1. The van der Waals surface area contributed by atoms with E-state index in [1.165, 1.54) is 11.3 Å². The molecular weight excluding hydrogens is 234 g/mol. The molecule has 1 unspecified atom stereocenters. The van der Waals surface area contributed by atoms with E-state index in [0.29, 0.717) is 0 Å². The second-order valence-corrected chi connectivity index (χ2v) is 4.66. The van der Waals surface area contributed by atoms with Gasteiger partial charge in [0.1, 0.15) is 5.75 Å². The van der Waals surface area contributed by atoms with E-state index in [2.05, 4.69) is 49.9 Å². The molecule has 0 N–H and O–H groups in total. The normalized spacial score (nSPS) is 11.9. The van der Waals surface area contributed by atoms with Gasteiger partial charge in [-0.05, 0) is 50.6 Å². The van der Waals surface area contributed by atoms with E-state index in [9.17, 15) is 0 Å². The maximum Gasteiger partial charge on any atom is 0.169 e. The topological polar surface area (TPSA) is 12.5 Å². The van der Waals surface area contributed by atoms with Gasteiger partial charge in [0, 0.05) is 12.2 Å². The van der Waals surface area contributed by atoms with Crippen LogP contribution in [0.4, 0.5) is 5.69 Å². The Balaban J connectivity index is 2.13. The van der Waals surface area contributed by atoms with Gasteiger partial charge in [-0.2, -0.15) is 0 Å². The number of para-hydroxylation sites is 1. The van der Waals surface area contributed by atoms with Crippen LogP contribution in [-0.2, 0) is 0 Å². The number of hydrogen-bond acceptors (Lipinski definition) is 2. The first kappa shape index (κ1) is 13.5. The maximum absolute atomic E-state index is 5.99. The van der Waals surface area contributed by atoms with Crippen molar-refractivity contribution in [3.8, 4) is 5.75 Å². The average molecular weight is 255 g/mol. The fourth-order valence-electron chi connectivity index (χ4n) is 2.22. The van der Waals surface area contributed by atoms with Crippen molar-refractivity contribution in [3.05, 3.63) is 60.2 Å². The average Bonchev–Trinajstić information content (AvgIpc) is 2.41. The van der Waals surface area contributed by atoms with E-state index in [4.69, 9.17) is 4.74 Å². The summed E-state index contributed by atoms with van der Waals surface area (Å²) >= 11 is 0. The van der Waals surface area contributed by atoms with E-state index in [-0.39, 0.29) is 6.23 Å². The molecule has 0 amide bonds. The highest BCUT2D eigenvalue weighted by Gasteiger charge is 2.14. The van der Waals surface area contributed by atoms with Gasteiger partial charge in [-0.15, -0.1) is 0 Å². The molecule has 0 radical (unpaired) electrons. The standard InChI is InChI=1S/C17H21NO/c1-4-18(16-10-8-9-14(2)13-16)15(3)19-17-11-6-5-7-12-17/h5-13,15H,4H2,1-3H3. The Morgan fingerprint density at radius 3 is 2.42 bits per heavy atom. The Bertz CT molecular complexity index is 510. The lowest BCUT2D eigenvalue weighted by atomic mass is 10.2. The molecule has 0 aliphatic rings. The lowest BCUT2D eigenvalue weighted by molar-refractivity contribution is 0.216. The summed E-state index contributed by atoms with van der Waals surface area (Å²) < 4.78 is 5.99. The molecule has 2 aromatic rings. The predicted molar refractivity (Wildman–Crippen MR) is 80.7 cm³/mol. The summed E-state index contributed by atoms with van der Waals surface area (Å²) in [5.41, 5.74) is 2.47. The largest absolute Gasteiger partial charge is 0.471 e. The zero-order valence-corrected chi connectivity index (χ0v) is 11.8. The van der Waals surface area contributed by atoms with Gasteiger partial charge in [0.25, 0.3) is 0 Å². The van der Waals surface area contributed by atoms with Crippen molar-refractivity contribution in [2.24, 2.45) is 0 Å². The van der Waals surface area contributed by atoms with Crippen molar-refractivity contribution < 1.29 is 4.74 Å². The zero-order chi connectivity index (χ0) is 13.7. The van der Waals surface area contributed by atoms with Crippen molar-refractivity contribution in [1.82, 2.24) is 0 Å². The molecule has 0 saturated heterocycles. The molecule has 0 heterocycles. The number of ether oxygens (including phenoxy) is 1. The van der Waals surface area contributed by atoms with Gasteiger partial charge in [0.15, 0.2) is 6.23 Å². The van der Waals surface area contributed by atoms with Crippen molar-refractivity contribution in [2.75, 3.05) is 11.4 Å². The molecule has 2 nitrogen and oxygen atoms in total. The smallest absolute Gasteiger partial charge is 0.169 e. The van der Waals surface area contributed by atoms with Crippen LogP contribution in [0.2, 0.25) is 0 Å². The molecule has 2 heteroatoms. The van der Waals surface area contributed by atoms with Crippen LogP contribution < -0.4 is 9.64 Å². The van der Waals surface area contributed by atoms with Crippen molar-refractivity contribution in [2.45, 2.75) is 27.0 Å². The van der Waals surface area contributed by atoms with E-state index >= 15 is 0 Å². The number of benzene rings is 2. The SMILES string of the molecule is CCN(c1cccc(C)c1)C(C)Oc1ccccc1. The highest BCUT2D eigenvalue weighted by molar-refractivity contribution is 5.48. The summed E-state index contributed by atoms with van der Waals surface area (Å²) in [5, 5.41) is 0. The van der Waals surface area contributed by atoms with Gasteiger partial charge in [0.2, 0.25) is 0 Å². The molecule has 100 valence electrons. The highest BCUT2D eigenvalue weighted by atomic mass is 16.5. The van der Waals surface area contributed by atoms with E-state index in [1.54, 1.807) is 0 Å². The van der Waals surface area contributed by atoms with Crippen LogP contribution in [0.25, 0.3) is 0 Å². The number of nitrogens with zero attached hydrogens (tertiary/aromatic N) is 1. The molecule has 2 aromatic carbocycles. The molecule has 19 heavy (non-hydrogen) atoms. The second kappa shape index (κ2) is 6.28. The van der Waals surface area contributed by atoms with Gasteiger partial charge >= 0.3 is 0 Å². The predicted octanol–water partition coefficient (Wildman–Crippen LogP) is 4.25. The third-order valence-electron chi connectivity index (χ3n) is 3.16. The van der Waals surface area contributed by atoms with Crippen LogP contribution in [-0.4, -0.2) is 12.8 Å². The van der Waals surface area contributed by atoms with Gasteiger partial charge in [-0.25, -0.2) is 0 Å². The minimum Gasteiger partial charge on any atom is -0.471 e. The fourth-order valence-corrected chi connectivity index (χ4v) is 2.22. The third kappa shape index (κ3) is 3.50. The van der Waals surface area contributed by atoms with Crippen LogP contribution >= 0.6 is 0 Å². The summed E-state index contributed by atoms with van der Waals surface area (Å²) in [5.74, 6) is 0.904.